The highest BCUT2D eigenvalue weighted by atomic mass is 16.6. The van der Waals surface area contributed by atoms with Crippen molar-refractivity contribution in [2.75, 3.05) is 0 Å². The van der Waals surface area contributed by atoms with Crippen molar-refractivity contribution in [3.8, 4) is 0 Å². The Bertz CT molecular complexity index is 548. The molecule has 0 amide bonds. The lowest BCUT2D eigenvalue weighted by Crippen LogP contribution is -2.24. The second-order valence-corrected chi connectivity index (χ2v) is 4.37. The fraction of sp³-hybridized carbons (Fsp3) is 0.125. The van der Waals surface area contributed by atoms with Gasteiger partial charge in [0.15, 0.2) is 0 Å². The minimum absolute atomic E-state index is 0.198. The van der Waals surface area contributed by atoms with E-state index in [1.165, 1.54) is 0 Å². The van der Waals surface area contributed by atoms with Crippen LogP contribution in [0, 0.1) is 0 Å². The molecule has 2 aromatic rings. The van der Waals surface area contributed by atoms with E-state index in [0.29, 0.717) is 0 Å². The van der Waals surface area contributed by atoms with E-state index in [9.17, 15) is 5.11 Å². The molecule has 18 heavy (non-hydrogen) atoms. The summed E-state index contributed by atoms with van der Waals surface area (Å²) in [4.78, 5) is 0. The van der Waals surface area contributed by atoms with E-state index in [1.807, 2.05) is 66.7 Å². The SMILES string of the molecule is OC1(c2ccccc2)C=CC(c2ccccc2)O1. The van der Waals surface area contributed by atoms with E-state index in [-0.39, 0.29) is 6.10 Å². The third-order valence-electron chi connectivity index (χ3n) is 3.12. The van der Waals surface area contributed by atoms with Crippen LogP contribution in [0.4, 0.5) is 0 Å². The summed E-state index contributed by atoms with van der Waals surface area (Å²) in [7, 11) is 0. The van der Waals surface area contributed by atoms with Crippen molar-refractivity contribution in [1.82, 2.24) is 0 Å². The molecule has 1 aliphatic rings. The molecule has 2 unspecified atom stereocenters. The van der Waals surface area contributed by atoms with E-state index in [2.05, 4.69) is 0 Å². The van der Waals surface area contributed by atoms with Crippen LogP contribution in [0.5, 0.6) is 0 Å². The molecule has 1 N–H and O–H groups in total. The summed E-state index contributed by atoms with van der Waals surface area (Å²) in [6.07, 6.45) is 3.40. The number of hydrogen-bond acceptors (Lipinski definition) is 2. The standard InChI is InChI=1S/C16H14O2/c17-16(14-9-5-2-6-10-14)12-11-15(18-16)13-7-3-1-4-8-13/h1-12,15,17H. The largest absolute Gasteiger partial charge is 0.359 e. The van der Waals surface area contributed by atoms with Crippen molar-refractivity contribution in [2.24, 2.45) is 0 Å². The Morgan fingerprint density at radius 2 is 1.50 bits per heavy atom. The molecule has 2 aromatic carbocycles. The maximum Gasteiger partial charge on any atom is 0.213 e. The Kier molecular flexibility index (Phi) is 2.74. The topological polar surface area (TPSA) is 29.5 Å². The first kappa shape index (κ1) is 11.2. The van der Waals surface area contributed by atoms with Gasteiger partial charge in [0.2, 0.25) is 5.79 Å². The maximum absolute atomic E-state index is 10.5. The zero-order chi connectivity index (χ0) is 12.4. The number of ether oxygens (including phenoxy) is 1. The molecule has 0 bridgehead atoms. The van der Waals surface area contributed by atoms with Crippen molar-refractivity contribution in [2.45, 2.75) is 11.9 Å². The van der Waals surface area contributed by atoms with Crippen molar-refractivity contribution < 1.29 is 9.84 Å². The van der Waals surface area contributed by atoms with Crippen LogP contribution in [0.1, 0.15) is 17.2 Å². The average Bonchev–Trinajstić information content (AvgIpc) is 2.85. The van der Waals surface area contributed by atoms with Crippen molar-refractivity contribution in [1.29, 1.82) is 0 Å². The van der Waals surface area contributed by atoms with Gasteiger partial charge in [-0.05, 0) is 17.7 Å². The van der Waals surface area contributed by atoms with E-state index in [0.717, 1.165) is 11.1 Å². The summed E-state index contributed by atoms with van der Waals surface area (Å²) in [6, 6.07) is 19.3. The molecule has 0 radical (unpaired) electrons. The van der Waals surface area contributed by atoms with E-state index in [4.69, 9.17) is 4.74 Å². The highest BCUT2D eigenvalue weighted by molar-refractivity contribution is 5.31. The molecular formula is C16H14O2. The van der Waals surface area contributed by atoms with Gasteiger partial charge in [-0.1, -0.05) is 60.7 Å². The quantitative estimate of drug-likeness (QED) is 0.814. The molecule has 2 atom stereocenters. The molecule has 0 saturated carbocycles. The molecule has 3 rings (SSSR count). The monoisotopic (exact) mass is 238 g/mol. The smallest absolute Gasteiger partial charge is 0.213 e. The number of aliphatic hydroxyl groups is 1. The second kappa shape index (κ2) is 4.41. The number of rotatable bonds is 2. The van der Waals surface area contributed by atoms with Gasteiger partial charge in [0.1, 0.15) is 6.10 Å². The lowest BCUT2D eigenvalue weighted by atomic mass is 10.1. The minimum Gasteiger partial charge on any atom is -0.359 e. The zero-order valence-electron chi connectivity index (χ0n) is 9.86. The summed E-state index contributed by atoms with van der Waals surface area (Å²) in [5, 5.41) is 10.5. The predicted molar refractivity (Wildman–Crippen MR) is 69.7 cm³/mol. The van der Waals surface area contributed by atoms with Gasteiger partial charge in [0.25, 0.3) is 0 Å². The fourth-order valence-electron chi connectivity index (χ4n) is 2.15. The summed E-state index contributed by atoms with van der Waals surface area (Å²) in [5.41, 5.74) is 1.79. The molecule has 0 spiro atoms. The Morgan fingerprint density at radius 1 is 0.889 bits per heavy atom. The van der Waals surface area contributed by atoms with Gasteiger partial charge in [-0.25, -0.2) is 0 Å². The van der Waals surface area contributed by atoms with Crippen LogP contribution in [-0.4, -0.2) is 5.11 Å². The van der Waals surface area contributed by atoms with Crippen LogP contribution < -0.4 is 0 Å². The third kappa shape index (κ3) is 1.96. The second-order valence-electron chi connectivity index (χ2n) is 4.37. The first-order valence-corrected chi connectivity index (χ1v) is 5.98. The van der Waals surface area contributed by atoms with Crippen LogP contribution in [0.3, 0.4) is 0 Å². The number of hydrogen-bond donors (Lipinski definition) is 1. The molecule has 0 fully saturated rings. The van der Waals surface area contributed by atoms with Crippen LogP contribution in [0.15, 0.2) is 72.8 Å². The molecule has 0 aromatic heterocycles. The van der Waals surface area contributed by atoms with Crippen molar-refractivity contribution in [3.63, 3.8) is 0 Å². The first-order valence-electron chi connectivity index (χ1n) is 5.98. The highest BCUT2D eigenvalue weighted by Gasteiger charge is 2.35. The number of benzene rings is 2. The van der Waals surface area contributed by atoms with Gasteiger partial charge in [0.05, 0.1) is 0 Å². The molecule has 90 valence electrons. The first-order chi connectivity index (χ1) is 8.78. The van der Waals surface area contributed by atoms with E-state index in [1.54, 1.807) is 6.08 Å². The maximum atomic E-state index is 10.5. The van der Waals surface area contributed by atoms with Crippen molar-refractivity contribution >= 4 is 0 Å². The Morgan fingerprint density at radius 3 is 2.17 bits per heavy atom. The van der Waals surface area contributed by atoms with Crippen LogP contribution in [-0.2, 0) is 10.5 Å². The fourth-order valence-corrected chi connectivity index (χ4v) is 2.15. The van der Waals surface area contributed by atoms with Gasteiger partial charge in [-0.3, -0.25) is 0 Å². The Hall–Kier alpha value is -1.90. The molecule has 0 aliphatic carbocycles. The Labute approximate surface area is 106 Å². The summed E-state index contributed by atoms with van der Waals surface area (Å²) in [6.45, 7) is 0. The van der Waals surface area contributed by atoms with Crippen LogP contribution >= 0.6 is 0 Å². The zero-order valence-corrected chi connectivity index (χ0v) is 9.86. The molecule has 1 aliphatic heterocycles. The van der Waals surface area contributed by atoms with Crippen LogP contribution in [0.25, 0.3) is 0 Å². The summed E-state index contributed by atoms with van der Waals surface area (Å²) >= 11 is 0. The lowest BCUT2D eigenvalue weighted by Gasteiger charge is -2.23. The molecule has 0 saturated heterocycles. The van der Waals surface area contributed by atoms with Crippen LogP contribution in [0.2, 0.25) is 0 Å². The predicted octanol–water partition coefficient (Wildman–Crippen LogP) is 3.16. The lowest BCUT2D eigenvalue weighted by molar-refractivity contribution is -0.181. The minimum atomic E-state index is -1.32. The van der Waals surface area contributed by atoms with Gasteiger partial charge < -0.3 is 9.84 Å². The summed E-state index contributed by atoms with van der Waals surface area (Å²) in [5.74, 6) is -1.32. The molecular weight excluding hydrogens is 224 g/mol. The molecule has 2 nitrogen and oxygen atoms in total. The van der Waals surface area contributed by atoms with Gasteiger partial charge in [-0.15, -0.1) is 0 Å². The Balaban J connectivity index is 1.86. The molecule has 1 heterocycles. The van der Waals surface area contributed by atoms with Gasteiger partial charge >= 0.3 is 0 Å². The summed E-state index contributed by atoms with van der Waals surface area (Å²) < 4.78 is 5.77. The van der Waals surface area contributed by atoms with Crippen molar-refractivity contribution in [3.05, 3.63) is 83.9 Å². The highest BCUT2D eigenvalue weighted by Crippen LogP contribution is 2.37. The van der Waals surface area contributed by atoms with Gasteiger partial charge in [-0.2, -0.15) is 0 Å². The van der Waals surface area contributed by atoms with Gasteiger partial charge in [0, 0.05) is 5.56 Å². The normalized spacial score (nSPS) is 26.4. The average molecular weight is 238 g/mol. The molecule has 2 heteroatoms. The van der Waals surface area contributed by atoms with E-state index < -0.39 is 5.79 Å². The van der Waals surface area contributed by atoms with E-state index >= 15 is 0 Å². The third-order valence-corrected chi connectivity index (χ3v) is 3.12.